The summed E-state index contributed by atoms with van der Waals surface area (Å²) in [6, 6.07) is 36.4. The molecule has 39 heavy (non-hydrogen) atoms. The quantitative estimate of drug-likeness (QED) is 0.165. The summed E-state index contributed by atoms with van der Waals surface area (Å²) in [5, 5.41) is 23.5. The van der Waals surface area contributed by atoms with Crippen LogP contribution in [0.15, 0.2) is 146 Å². The molecule has 0 saturated heterocycles. The van der Waals surface area contributed by atoms with Gasteiger partial charge in [-0.15, -0.1) is 0 Å². The molecule has 4 aromatic rings. The van der Waals surface area contributed by atoms with Crippen molar-refractivity contribution >= 4 is 35.2 Å². The molecule has 0 aromatic heterocycles. The van der Waals surface area contributed by atoms with Crippen LogP contribution in [0.3, 0.4) is 0 Å². The Kier molecular flexibility index (Phi) is 13.2. The zero-order valence-electron chi connectivity index (χ0n) is 20.9. The Morgan fingerprint density at radius 2 is 0.744 bits per heavy atom. The van der Waals surface area contributed by atoms with Crippen molar-refractivity contribution in [1.29, 1.82) is 0 Å². The fraction of sp³-hybridized carbons (Fsp3) is 0. The van der Waals surface area contributed by atoms with Crippen LogP contribution in [0.25, 0.3) is 23.7 Å². The van der Waals surface area contributed by atoms with Crippen molar-refractivity contribution in [2.24, 2.45) is 0 Å². The molecule has 1 radical (unpaired) electrons. The van der Waals surface area contributed by atoms with Gasteiger partial charge in [0, 0.05) is 0 Å². The van der Waals surface area contributed by atoms with Crippen molar-refractivity contribution in [1.82, 2.24) is 0 Å². The largest absolute Gasteiger partial charge is 2.00 e. The molecular formula is C34H26CuO4. The predicted molar refractivity (Wildman–Crippen MR) is 150 cm³/mol. The first-order valence-electron chi connectivity index (χ1n) is 11.9. The van der Waals surface area contributed by atoms with Crippen LogP contribution in [0, 0.1) is 0 Å². The molecule has 0 aliphatic heterocycles. The van der Waals surface area contributed by atoms with E-state index in [1.807, 2.05) is 72.8 Å². The summed E-state index contributed by atoms with van der Waals surface area (Å²) in [6.45, 7) is 0. The molecule has 0 aliphatic rings. The smallest absolute Gasteiger partial charge is 0.872 e. The fourth-order valence-electron chi connectivity index (χ4n) is 3.21. The molecule has 0 fully saturated rings. The van der Waals surface area contributed by atoms with E-state index in [1.54, 1.807) is 60.7 Å². The summed E-state index contributed by atoms with van der Waals surface area (Å²) < 4.78 is 0. The second-order valence-electron chi connectivity index (χ2n) is 8.04. The molecule has 0 saturated carbocycles. The SMILES string of the molecule is O=C(/C=C(\[O-])c1ccccc1)/C=C/c1ccccc1.O=C(/C=C(\[O-])c1ccccc1)/C=C/c1ccccc1.[Cu+2]. The summed E-state index contributed by atoms with van der Waals surface area (Å²) in [5.74, 6) is -1.16. The van der Waals surface area contributed by atoms with Gasteiger partial charge in [0.2, 0.25) is 0 Å². The Bertz CT molecular complexity index is 1310. The van der Waals surface area contributed by atoms with Crippen LogP contribution in [0.1, 0.15) is 22.3 Å². The van der Waals surface area contributed by atoms with Gasteiger partial charge in [0.25, 0.3) is 0 Å². The second kappa shape index (κ2) is 16.9. The van der Waals surface area contributed by atoms with Crippen LogP contribution in [0.4, 0.5) is 0 Å². The van der Waals surface area contributed by atoms with Gasteiger partial charge in [-0.3, -0.25) is 9.59 Å². The maximum Gasteiger partial charge on any atom is 2.00 e. The van der Waals surface area contributed by atoms with Gasteiger partial charge in [0.15, 0.2) is 11.6 Å². The summed E-state index contributed by atoms with van der Waals surface area (Å²) in [7, 11) is 0. The Morgan fingerprint density at radius 1 is 0.462 bits per heavy atom. The molecule has 0 aliphatic carbocycles. The van der Waals surface area contributed by atoms with Gasteiger partial charge in [-0.2, -0.15) is 0 Å². The minimum Gasteiger partial charge on any atom is -0.872 e. The Hall–Kier alpha value is -4.70. The molecule has 4 nitrogen and oxygen atoms in total. The van der Waals surface area contributed by atoms with Crippen LogP contribution in [0.5, 0.6) is 0 Å². The Labute approximate surface area is 239 Å². The van der Waals surface area contributed by atoms with Gasteiger partial charge in [-0.1, -0.05) is 145 Å². The topological polar surface area (TPSA) is 80.3 Å². The molecule has 0 N–H and O–H groups in total. The van der Waals surface area contributed by atoms with Gasteiger partial charge < -0.3 is 10.2 Å². The zero-order valence-corrected chi connectivity index (χ0v) is 21.9. The van der Waals surface area contributed by atoms with Crippen LogP contribution >= 0.6 is 0 Å². The van der Waals surface area contributed by atoms with E-state index >= 15 is 0 Å². The van der Waals surface area contributed by atoms with E-state index in [1.165, 1.54) is 12.2 Å². The monoisotopic (exact) mass is 561 g/mol. The molecular weight excluding hydrogens is 536 g/mol. The summed E-state index contributed by atoms with van der Waals surface area (Å²) >= 11 is 0. The third-order valence-electron chi connectivity index (χ3n) is 5.14. The number of carbonyl (C=O) groups is 2. The van der Waals surface area contributed by atoms with Crippen molar-refractivity contribution in [2.45, 2.75) is 0 Å². The van der Waals surface area contributed by atoms with Gasteiger partial charge in [0.1, 0.15) is 0 Å². The van der Waals surface area contributed by atoms with E-state index in [4.69, 9.17) is 0 Å². The molecule has 0 amide bonds. The molecule has 4 aromatic carbocycles. The third kappa shape index (κ3) is 11.5. The van der Waals surface area contributed by atoms with Crippen LogP contribution < -0.4 is 10.2 Å². The second-order valence-corrected chi connectivity index (χ2v) is 8.04. The number of hydrogen-bond acceptors (Lipinski definition) is 4. The van der Waals surface area contributed by atoms with Crippen molar-refractivity contribution < 1.29 is 36.9 Å². The first-order valence-corrected chi connectivity index (χ1v) is 11.9. The normalized spacial score (nSPS) is 11.4. The van der Waals surface area contributed by atoms with Crippen molar-refractivity contribution in [3.05, 3.63) is 168 Å². The van der Waals surface area contributed by atoms with E-state index in [0.717, 1.165) is 23.3 Å². The molecule has 0 heterocycles. The average molecular weight is 562 g/mol. The number of benzene rings is 4. The Morgan fingerprint density at radius 3 is 1.05 bits per heavy atom. The first-order chi connectivity index (χ1) is 18.5. The maximum absolute atomic E-state index is 11.8. The third-order valence-corrected chi connectivity index (χ3v) is 5.14. The van der Waals surface area contributed by atoms with Crippen molar-refractivity contribution in [3.8, 4) is 0 Å². The Balaban J connectivity index is 0.000000267. The summed E-state index contributed by atoms with van der Waals surface area (Å²) in [5.41, 5.74) is 2.89. The van der Waals surface area contributed by atoms with Gasteiger partial charge in [0.05, 0.1) is 0 Å². The van der Waals surface area contributed by atoms with E-state index in [9.17, 15) is 19.8 Å². The van der Waals surface area contributed by atoms with Gasteiger partial charge in [-0.25, -0.2) is 0 Å². The minimum absolute atomic E-state index is 0. The van der Waals surface area contributed by atoms with Crippen LogP contribution in [-0.4, -0.2) is 11.6 Å². The van der Waals surface area contributed by atoms with Crippen LogP contribution in [0.2, 0.25) is 0 Å². The number of ketones is 2. The number of rotatable bonds is 8. The molecule has 197 valence electrons. The molecule has 0 spiro atoms. The molecule has 0 bridgehead atoms. The van der Waals surface area contributed by atoms with Crippen LogP contribution in [-0.2, 0) is 26.7 Å². The first kappa shape index (κ1) is 30.5. The van der Waals surface area contributed by atoms with Gasteiger partial charge in [-0.05, 0) is 46.6 Å². The molecule has 4 rings (SSSR count). The average Bonchev–Trinajstić information content (AvgIpc) is 2.97. The van der Waals surface area contributed by atoms with Crippen molar-refractivity contribution in [3.63, 3.8) is 0 Å². The predicted octanol–water partition coefficient (Wildman–Crippen LogP) is 5.34. The van der Waals surface area contributed by atoms with E-state index in [0.29, 0.717) is 11.1 Å². The van der Waals surface area contributed by atoms with E-state index < -0.39 is 0 Å². The number of hydrogen-bond donors (Lipinski definition) is 0. The molecule has 5 heteroatoms. The fourth-order valence-corrected chi connectivity index (χ4v) is 3.21. The number of carbonyl (C=O) groups excluding carboxylic acids is 2. The zero-order chi connectivity index (χ0) is 27.0. The summed E-state index contributed by atoms with van der Waals surface area (Å²) in [4.78, 5) is 23.3. The van der Waals surface area contributed by atoms with Crippen molar-refractivity contribution in [2.75, 3.05) is 0 Å². The standard InChI is InChI=1S/2C17H14O2.Cu/c2*18-16(12-11-14-7-3-1-4-8-14)13-17(19)15-9-5-2-6-10-15;/h2*1-13,19H;/q;;+2/p-2/b2*12-11+,17-13-;. The van der Waals surface area contributed by atoms with Gasteiger partial charge >= 0.3 is 17.1 Å². The maximum atomic E-state index is 11.8. The molecule has 0 unspecified atom stereocenters. The minimum atomic E-state index is -0.308. The molecule has 0 atom stereocenters. The van der Waals surface area contributed by atoms with E-state index in [-0.39, 0.29) is 40.2 Å². The number of allylic oxidation sites excluding steroid dienone is 4. The van der Waals surface area contributed by atoms with E-state index in [2.05, 4.69) is 0 Å². The summed E-state index contributed by atoms with van der Waals surface area (Å²) in [6.07, 6.45) is 8.39.